The standard InChI is InChI=1S/C12H17N3O4S/c1-9(12(16)15-4-6-19-7-5-15)20(17,18)11-2-3-14-8-10(11)13/h2-3,8-9H,4-7,13H2,1H3. The van der Waals surface area contributed by atoms with Crippen LogP contribution in [0.4, 0.5) is 5.69 Å². The van der Waals surface area contributed by atoms with E-state index in [1.165, 1.54) is 30.3 Å². The Kier molecular flexibility index (Phi) is 4.24. The number of nitrogen functional groups attached to an aromatic ring is 1. The van der Waals surface area contributed by atoms with E-state index >= 15 is 0 Å². The number of sulfone groups is 1. The van der Waals surface area contributed by atoms with Crippen LogP contribution in [-0.2, 0) is 19.4 Å². The number of nitrogens with two attached hydrogens (primary N) is 1. The number of amides is 1. The molecule has 1 fully saturated rings. The number of nitrogens with zero attached hydrogens (tertiary/aromatic N) is 2. The van der Waals surface area contributed by atoms with Gasteiger partial charge in [0.15, 0.2) is 9.84 Å². The van der Waals surface area contributed by atoms with Gasteiger partial charge in [-0.05, 0) is 13.0 Å². The molecule has 2 rings (SSSR count). The van der Waals surface area contributed by atoms with Crippen LogP contribution in [0.2, 0.25) is 0 Å². The molecule has 0 aliphatic carbocycles. The van der Waals surface area contributed by atoms with Crippen LogP contribution in [0.15, 0.2) is 23.4 Å². The van der Waals surface area contributed by atoms with E-state index in [9.17, 15) is 13.2 Å². The maximum atomic E-state index is 12.5. The van der Waals surface area contributed by atoms with Crippen LogP contribution in [0.3, 0.4) is 0 Å². The van der Waals surface area contributed by atoms with Crippen molar-refractivity contribution in [3.8, 4) is 0 Å². The zero-order valence-electron chi connectivity index (χ0n) is 11.2. The van der Waals surface area contributed by atoms with E-state index in [0.717, 1.165) is 0 Å². The van der Waals surface area contributed by atoms with Crippen molar-refractivity contribution in [1.29, 1.82) is 0 Å². The Labute approximate surface area is 117 Å². The number of hydrogen-bond acceptors (Lipinski definition) is 6. The molecule has 1 amide bonds. The fourth-order valence-corrected chi connectivity index (χ4v) is 3.44. The number of pyridine rings is 1. The highest BCUT2D eigenvalue weighted by molar-refractivity contribution is 7.93. The predicted molar refractivity (Wildman–Crippen MR) is 72.7 cm³/mol. The predicted octanol–water partition coefficient (Wildman–Crippen LogP) is -0.315. The lowest BCUT2D eigenvalue weighted by molar-refractivity contribution is -0.134. The molecule has 1 atom stereocenters. The van der Waals surface area contributed by atoms with Gasteiger partial charge in [-0.25, -0.2) is 8.42 Å². The Morgan fingerprint density at radius 2 is 2.10 bits per heavy atom. The maximum Gasteiger partial charge on any atom is 0.241 e. The molecule has 8 heteroatoms. The Morgan fingerprint density at radius 3 is 2.70 bits per heavy atom. The number of aromatic nitrogens is 1. The smallest absolute Gasteiger partial charge is 0.241 e. The van der Waals surface area contributed by atoms with Crippen molar-refractivity contribution in [2.75, 3.05) is 32.0 Å². The van der Waals surface area contributed by atoms with Crippen LogP contribution in [0.25, 0.3) is 0 Å². The molecule has 1 saturated heterocycles. The summed E-state index contributed by atoms with van der Waals surface area (Å²) in [6.45, 7) is 3.05. The summed E-state index contributed by atoms with van der Waals surface area (Å²) in [6.07, 6.45) is 2.61. The second-order valence-corrected chi connectivity index (χ2v) is 6.78. The first kappa shape index (κ1) is 14.7. The van der Waals surface area contributed by atoms with Crippen molar-refractivity contribution in [3.63, 3.8) is 0 Å². The molecule has 1 aromatic heterocycles. The third kappa shape index (κ3) is 2.75. The third-order valence-corrected chi connectivity index (χ3v) is 5.37. The SMILES string of the molecule is CC(C(=O)N1CCOCC1)S(=O)(=O)c1ccncc1N. The molecule has 1 aliphatic rings. The molecule has 0 saturated carbocycles. The summed E-state index contributed by atoms with van der Waals surface area (Å²) in [5.41, 5.74) is 5.69. The minimum absolute atomic E-state index is 0.0501. The van der Waals surface area contributed by atoms with Crippen molar-refractivity contribution in [3.05, 3.63) is 18.5 Å². The molecule has 2 N–H and O–H groups in total. The number of ether oxygens (including phenoxy) is 1. The van der Waals surface area contributed by atoms with Gasteiger partial charge in [0.2, 0.25) is 5.91 Å². The minimum atomic E-state index is -3.82. The summed E-state index contributed by atoms with van der Waals surface area (Å²) in [6, 6.07) is 1.31. The van der Waals surface area contributed by atoms with Crippen LogP contribution < -0.4 is 5.73 Å². The quantitative estimate of drug-likeness (QED) is 0.821. The first-order valence-electron chi connectivity index (χ1n) is 6.24. The first-order valence-corrected chi connectivity index (χ1v) is 7.79. The number of hydrogen-bond donors (Lipinski definition) is 1. The van der Waals surface area contributed by atoms with E-state index in [-0.39, 0.29) is 10.6 Å². The summed E-state index contributed by atoms with van der Waals surface area (Å²) in [4.78, 5) is 17.5. The second-order valence-electron chi connectivity index (χ2n) is 4.54. The fraction of sp³-hybridized carbons (Fsp3) is 0.500. The number of carbonyl (C=O) groups is 1. The lowest BCUT2D eigenvalue weighted by Crippen LogP contribution is -2.47. The van der Waals surface area contributed by atoms with Crippen LogP contribution in [0.5, 0.6) is 0 Å². The lowest BCUT2D eigenvalue weighted by atomic mass is 10.3. The zero-order chi connectivity index (χ0) is 14.8. The van der Waals surface area contributed by atoms with Crippen LogP contribution in [0.1, 0.15) is 6.92 Å². The van der Waals surface area contributed by atoms with Crippen molar-refractivity contribution >= 4 is 21.4 Å². The van der Waals surface area contributed by atoms with Gasteiger partial charge < -0.3 is 15.4 Å². The van der Waals surface area contributed by atoms with Crippen LogP contribution in [-0.4, -0.2) is 55.8 Å². The van der Waals surface area contributed by atoms with E-state index in [4.69, 9.17) is 10.5 Å². The van der Waals surface area contributed by atoms with Crippen LogP contribution >= 0.6 is 0 Å². The Balaban J connectivity index is 2.25. The number of anilines is 1. The van der Waals surface area contributed by atoms with Gasteiger partial charge in [0.1, 0.15) is 5.25 Å². The summed E-state index contributed by atoms with van der Waals surface area (Å²) in [7, 11) is -3.82. The average Bonchev–Trinajstić information content (AvgIpc) is 2.47. The van der Waals surface area contributed by atoms with E-state index in [1.54, 1.807) is 0 Å². The molecule has 20 heavy (non-hydrogen) atoms. The molecule has 0 bridgehead atoms. The zero-order valence-corrected chi connectivity index (χ0v) is 12.0. The molecule has 0 spiro atoms. The number of rotatable bonds is 3. The van der Waals surface area contributed by atoms with Gasteiger partial charge in [-0.2, -0.15) is 0 Å². The molecule has 0 radical (unpaired) electrons. The summed E-state index contributed by atoms with van der Waals surface area (Å²) in [5.74, 6) is -0.426. The summed E-state index contributed by atoms with van der Waals surface area (Å²) < 4.78 is 30.0. The fourth-order valence-electron chi connectivity index (χ4n) is 2.02. The minimum Gasteiger partial charge on any atom is -0.396 e. The van der Waals surface area contributed by atoms with Crippen molar-refractivity contribution in [2.24, 2.45) is 0 Å². The highest BCUT2D eigenvalue weighted by atomic mass is 32.2. The second kappa shape index (κ2) is 5.76. The molecular formula is C12H17N3O4S. The van der Waals surface area contributed by atoms with Gasteiger partial charge in [0.25, 0.3) is 0 Å². The maximum absolute atomic E-state index is 12.5. The van der Waals surface area contributed by atoms with E-state index < -0.39 is 21.0 Å². The monoisotopic (exact) mass is 299 g/mol. The molecule has 1 aliphatic heterocycles. The van der Waals surface area contributed by atoms with E-state index in [1.807, 2.05) is 0 Å². The van der Waals surface area contributed by atoms with Gasteiger partial charge >= 0.3 is 0 Å². The topological polar surface area (TPSA) is 103 Å². The molecule has 7 nitrogen and oxygen atoms in total. The van der Waals surface area contributed by atoms with Crippen LogP contribution in [0, 0.1) is 0 Å². The van der Waals surface area contributed by atoms with E-state index in [0.29, 0.717) is 26.3 Å². The Bertz CT molecular complexity index is 596. The molecule has 1 unspecified atom stereocenters. The van der Waals surface area contributed by atoms with Gasteiger partial charge in [-0.1, -0.05) is 0 Å². The molecule has 110 valence electrons. The van der Waals surface area contributed by atoms with Gasteiger partial charge in [0, 0.05) is 19.3 Å². The highest BCUT2D eigenvalue weighted by Crippen LogP contribution is 2.22. The largest absolute Gasteiger partial charge is 0.396 e. The van der Waals surface area contributed by atoms with Crippen molar-refractivity contribution < 1.29 is 17.9 Å². The summed E-state index contributed by atoms with van der Waals surface area (Å²) in [5, 5.41) is -1.18. The van der Waals surface area contributed by atoms with Gasteiger partial charge in [0.05, 0.1) is 30.0 Å². The van der Waals surface area contributed by atoms with Crippen molar-refractivity contribution in [2.45, 2.75) is 17.1 Å². The normalized spacial score (nSPS) is 17.8. The Morgan fingerprint density at radius 1 is 1.45 bits per heavy atom. The molecule has 1 aromatic rings. The Hall–Kier alpha value is -1.67. The number of carbonyl (C=O) groups excluding carboxylic acids is 1. The molecule has 2 heterocycles. The van der Waals surface area contributed by atoms with Crippen molar-refractivity contribution in [1.82, 2.24) is 9.88 Å². The van der Waals surface area contributed by atoms with E-state index in [2.05, 4.69) is 4.98 Å². The molecular weight excluding hydrogens is 282 g/mol. The third-order valence-electron chi connectivity index (χ3n) is 3.25. The lowest BCUT2D eigenvalue weighted by Gasteiger charge is -2.29. The highest BCUT2D eigenvalue weighted by Gasteiger charge is 2.34. The first-order chi connectivity index (χ1) is 9.44. The average molecular weight is 299 g/mol. The van der Waals surface area contributed by atoms with Gasteiger partial charge in [-0.15, -0.1) is 0 Å². The number of morpholine rings is 1. The van der Waals surface area contributed by atoms with Gasteiger partial charge in [-0.3, -0.25) is 9.78 Å². The molecule has 0 aromatic carbocycles. The summed E-state index contributed by atoms with van der Waals surface area (Å²) >= 11 is 0.